The van der Waals surface area contributed by atoms with Crippen LogP contribution in [0.2, 0.25) is 0 Å². The molecular formula is C6H10N2O. The summed E-state index contributed by atoms with van der Waals surface area (Å²) in [5.74, 6) is 1.30. The molecule has 3 N–H and O–H groups in total. The molecule has 0 saturated heterocycles. The number of hydrogen-bond donors (Lipinski definition) is 2. The molecule has 0 aromatic heterocycles. The first kappa shape index (κ1) is 5.11. The van der Waals surface area contributed by atoms with Gasteiger partial charge in [0, 0.05) is 0 Å². The molecule has 1 heterocycles. The zero-order valence-corrected chi connectivity index (χ0v) is 5.13. The van der Waals surface area contributed by atoms with E-state index in [0.717, 1.165) is 5.92 Å². The van der Waals surface area contributed by atoms with Crippen LogP contribution in [0, 0.1) is 5.92 Å². The van der Waals surface area contributed by atoms with Gasteiger partial charge in [-0.1, -0.05) is 0 Å². The van der Waals surface area contributed by atoms with Gasteiger partial charge in [-0.3, -0.25) is 0 Å². The van der Waals surface area contributed by atoms with Crippen LogP contribution in [0.15, 0.2) is 12.0 Å². The van der Waals surface area contributed by atoms with Gasteiger partial charge in [0.1, 0.15) is 0 Å². The fraction of sp³-hybridized carbons (Fsp3) is 0.667. The Morgan fingerprint density at radius 1 is 1.67 bits per heavy atom. The highest BCUT2D eigenvalue weighted by molar-refractivity contribution is 5.06. The summed E-state index contributed by atoms with van der Waals surface area (Å²) in [7, 11) is 0. The van der Waals surface area contributed by atoms with E-state index in [1.165, 1.54) is 12.8 Å². The van der Waals surface area contributed by atoms with Gasteiger partial charge in [0.2, 0.25) is 5.88 Å². The molecule has 2 aliphatic rings. The molecule has 2 rings (SSSR count). The van der Waals surface area contributed by atoms with E-state index in [4.69, 9.17) is 10.6 Å². The van der Waals surface area contributed by atoms with Gasteiger partial charge in [-0.15, -0.1) is 5.48 Å². The van der Waals surface area contributed by atoms with Crippen LogP contribution in [0.5, 0.6) is 0 Å². The van der Waals surface area contributed by atoms with E-state index >= 15 is 0 Å². The molecule has 0 aromatic rings. The summed E-state index contributed by atoms with van der Waals surface area (Å²) < 4.78 is 0. The van der Waals surface area contributed by atoms with Gasteiger partial charge in [0.05, 0.1) is 6.04 Å². The number of hydroxylamine groups is 1. The smallest absolute Gasteiger partial charge is 0.207 e. The zero-order valence-electron chi connectivity index (χ0n) is 5.13. The third kappa shape index (κ3) is 0.876. The maximum absolute atomic E-state index is 5.37. The van der Waals surface area contributed by atoms with E-state index in [9.17, 15) is 0 Å². The Morgan fingerprint density at radius 3 is 2.89 bits per heavy atom. The molecule has 1 atom stereocenters. The van der Waals surface area contributed by atoms with Crippen molar-refractivity contribution in [2.45, 2.75) is 18.9 Å². The zero-order chi connectivity index (χ0) is 6.27. The van der Waals surface area contributed by atoms with Crippen LogP contribution in [0.25, 0.3) is 0 Å². The topological polar surface area (TPSA) is 47.3 Å². The van der Waals surface area contributed by atoms with Crippen molar-refractivity contribution in [2.24, 2.45) is 11.7 Å². The number of hydrogen-bond acceptors (Lipinski definition) is 3. The SMILES string of the molecule is NC1=CC(C2CC2)NO1. The second kappa shape index (κ2) is 1.64. The van der Waals surface area contributed by atoms with E-state index in [0.29, 0.717) is 11.9 Å². The Morgan fingerprint density at radius 2 is 2.44 bits per heavy atom. The van der Waals surface area contributed by atoms with Crippen LogP contribution in [-0.4, -0.2) is 6.04 Å². The second-order valence-electron chi connectivity index (χ2n) is 2.65. The van der Waals surface area contributed by atoms with E-state index in [1.807, 2.05) is 6.08 Å². The minimum Gasteiger partial charge on any atom is -0.391 e. The third-order valence-corrected chi connectivity index (χ3v) is 1.79. The highest BCUT2D eigenvalue weighted by Gasteiger charge is 2.33. The number of nitrogens with one attached hydrogen (secondary N) is 1. The Kier molecular flexibility index (Phi) is 0.931. The van der Waals surface area contributed by atoms with Gasteiger partial charge in [0.15, 0.2) is 0 Å². The lowest BCUT2D eigenvalue weighted by Gasteiger charge is -2.02. The average molecular weight is 126 g/mol. The van der Waals surface area contributed by atoms with Crippen molar-refractivity contribution in [2.75, 3.05) is 0 Å². The van der Waals surface area contributed by atoms with Crippen molar-refractivity contribution >= 4 is 0 Å². The largest absolute Gasteiger partial charge is 0.391 e. The van der Waals surface area contributed by atoms with Crippen molar-refractivity contribution in [1.29, 1.82) is 0 Å². The normalized spacial score (nSPS) is 33.8. The summed E-state index contributed by atoms with van der Waals surface area (Å²) in [4.78, 5) is 4.86. The quantitative estimate of drug-likeness (QED) is 0.524. The van der Waals surface area contributed by atoms with Crippen molar-refractivity contribution in [3.05, 3.63) is 12.0 Å². The van der Waals surface area contributed by atoms with Crippen molar-refractivity contribution < 1.29 is 4.84 Å². The molecule has 3 nitrogen and oxygen atoms in total. The maximum Gasteiger partial charge on any atom is 0.207 e. The molecule has 3 heteroatoms. The van der Waals surface area contributed by atoms with Crippen molar-refractivity contribution in [3.63, 3.8) is 0 Å². The van der Waals surface area contributed by atoms with Crippen LogP contribution in [0.3, 0.4) is 0 Å². The summed E-state index contributed by atoms with van der Waals surface area (Å²) in [6.45, 7) is 0. The van der Waals surface area contributed by atoms with E-state index in [2.05, 4.69) is 5.48 Å². The van der Waals surface area contributed by atoms with Gasteiger partial charge in [-0.25, -0.2) is 0 Å². The van der Waals surface area contributed by atoms with Crippen LogP contribution in [0.1, 0.15) is 12.8 Å². The molecule has 1 unspecified atom stereocenters. The molecule has 1 aliphatic heterocycles. The summed E-state index contributed by atoms with van der Waals surface area (Å²) in [6, 6.07) is 0.394. The molecule has 1 fully saturated rings. The maximum atomic E-state index is 5.37. The Balaban J connectivity index is 1.99. The lowest BCUT2D eigenvalue weighted by molar-refractivity contribution is 0.109. The lowest BCUT2D eigenvalue weighted by atomic mass is 10.2. The molecule has 0 spiro atoms. The predicted molar refractivity (Wildman–Crippen MR) is 33.0 cm³/mol. The molecule has 0 radical (unpaired) electrons. The summed E-state index contributed by atoms with van der Waals surface area (Å²) >= 11 is 0. The molecule has 0 aromatic carbocycles. The summed E-state index contributed by atoms with van der Waals surface area (Å²) in [5.41, 5.74) is 8.22. The second-order valence-corrected chi connectivity index (χ2v) is 2.65. The molecule has 1 aliphatic carbocycles. The molecule has 1 saturated carbocycles. The first-order valence-electron chi connectivity index (χ1n) is 3.26. The highest BCUT2D eigenvalue weighted by atomic mass is 16.7. The number of rotatable bonds is 1. The Bertz CT molecular complexity index is 151. The molecule has 0 bridgehead atoms. The van der Waals surface area contributed by atoms with Crippen LogP contribution in [0.4, 0.5) is 0 Å². The van der Waals surface area contributed by atoms with Gasteiger partial charge in [-0.2, -0.15) is 0 Å². The molecule has 50 valence electrons. The lowest BCUT2D eigenvalue weighted by Crippen LogP contribution is -2.22. The first-order chi connectivity index (χ1) is 4.36. The van der Waals surface area contributed by atoms with Crippen LogP contribution in [-0.2, 0) is 4.84 Å². The van der Waals surface area contributed by atoms with Crippen molar-refractivity contribution in [3.8, 4) is 0 Å². The monoisotopic (exact) mass is 126 g/mol. The van der Waals surface area contributed by atoms with Gasteiger partial charge >= 0.3 is 0 Å². The Labute approximate surface area is 53.8 Å². The van der Waals surface area contributed by atoms with Gasteiger partial charge < -0.3 is 10.6 Å². The molecule has 0 amide bonds. The standard InChI is InChI=1S/C6H10N2O/c7-6-3-5(8-9-6)4-1-2-4/h3-5,8H,1-2,7H2. The van der Waals surface area contributed by atoms with Crippen molar-refractivity contribution in [1.82, 2.24) is 5.48 Å². The van der Waals surface area contributed by atoms with Gasteiger partial charge in [-0.05, 0) is 24.8 Å². The number of nitrogens with two attached hydrogens (primary N) is 1. The summed E-state index contributed by atoms with van der Waals surface area (Å²) in [5, 5.41) is 0. The first-order valence-corrected chi connectivity index (χ1v) is 3.26. The molecule has 9 heavy (non-hydrogen) atoms. The fourth-order valence-corrected chi connectivity index (χ4v) is 1.07. The van der Waals surface area contributed by atoms with Crippen LogP contribution >= 0.6 is 0 Å². The van der Waals surface area contributed by atoms with Crippen LogP contribution < -0.4 is 11.2 Å². The van der Waals surface area contributed by atoms with E-state index in [-0.39, 0.29) is 0 Å². The highest BCUT2D eigenvalue weighted by Crippen LogP contribution is 2.34. The minimum absolute atomic E-state index is 0.394. The molecular weight excluding hydrogens is 116 g/mol. The van der Waals surface area contributed by atoms with Gasteiger partial charge in [0.25, 0.3) is 0 Å². The Hall–Kier alpha value is -0.700. The minimum atomic E-state index is 0.394. The fourth-order valence-electron chi connectivity index (χ4n) is 1.07. The predicted octanol–water partition coefficient (Wildman–Crippen LogP) is 0.0999. The van der Waals surface area contributed by atoms with E-state index in [1.54, 1.807) is 0 Å². The average Bonchev–Trinajstić information content (AvgIpc) is 2.58. The summed E-state index contributed by atoms with van der Waals surface area (Å²) in [6.07, 6.45) is 4.56. The van der Waals surface area contributed by atoms with E-state index < -0.39 is 0 Å². The third-order valence-electron chi connectivity index (χ3n) is 1.79.